The fourth-order valence-electron chi connectivity index (χ4n) is 2.61. The number of halogens is 1. The Kier molecular flexibility index (Phi) is 4.73. The van der Waals surface area contributed by atoms with E-state index in [0.29, 0.717) is 0 Å². The van der Waals surface area contributed by atoms with Crippen molar-refractivity contribution in [2.24, 2.45) is 0 Å². The van der Waals surface area contributed by atoms with Gasteiger partial charge in [0.1, 0.15) is 11.9 Å². The lowest BCUT2D eigenvalue weighted by molar-refractivity contribution is -0.136. The molecule has 1 fully saturated rings. The molecule has 0 aliphatic carbocycles. The summed E-state index contributed by atoms with van der Waals surface area (Å²) >= 11 is 0. The highest BCUT2D eigenvalue weighted by Crippen LogP contribution is 2.25. The van der Waals surface area contributed by atoms with Crippen LogP contribution in [0.25, 0.3) is 0 Å². The van der Waals surface area contributed by atoms with Crippen LogP contribution in [0.1, 0.15) is 18.5 Å². The van der Waals surface area contributed by atoms with Gasteiger partial charge in [0.2, 0.25) is 5.91 Å². The lowest BCUT2D eigenvalue weighted by atomic mass is 10.0. The molecule has 1 aromatic rings. The monoisotopic (exact) mass is 279 g/mol. The molecule has 20 heavy (non-hydrogen) atoms. The predicted molar refractivity (Wildman–Crippen MR) is 76.9 cm³/mol. The number of hydrogen-bond donors (Lipinski definition) is 1. The van der Waals surface area contributed by atoms with Gasteiger partial charge < -0.3 is 10.2 Å². The van der Waals surface area contributed by atoms with Gasteiger partial charge in [-0.15, -0.1) is 0 Å². The summed E-state index contributed by atoms with van der Waals surface area (Å²) in [5.74, 6) is -0.247. The van der Waals surface area contributed by atoms with Crippen LogP contribution in [0.4, 0.5) is 4.39 Å². The van der Waals surface area contributed by atoms with Gasteiger partial charge in [0.05, 0.1) is 0 Å². The Morgan fingerprint density at radius 2 is 2.05 bits per heavy atom. The first-order valence-electron chi connectivity index (χ1n) is 6.94. The van der Waals surface area contributed by atoms with Gasteiger partial charge in [0, 0.05) is 39.8 Å². The number of nitrogens with one attached hydrogen (secondary N) is 1. The molecule has 2 rings (SSSR count). The van der Waals surface area contributed by atoms with Crippen molar-refractivity contribution in [3.63, 3.8) is 0 Å². The molecule has 4 nitrogen and oxygen atoms in total. The van der Waals surface area contributed by atoms with E-state index in [9.17, 15) is 9.18 Å². The SMILES string of the molecule is CC1CNCCN1C(C(=O)N(C)C)c1ccc(F)cc1. The van der Waals surface area contributed by atoms with Crippen molar-refractivity contribution in [3.05, 3.63) is 35.6 Å². The van der Waals surface area contributed by atoms with Crippen molar-refractivity contribution in [1.82, 2.24) is 15.1 Å². The molecular weight excluding hydrogens is 257 g/mol. The lowest BCUT2D eigenvalue weighted by Crippen LogP contribution is -2.54. The van der Waals surface area contributed by atoms with Crippen LogP contribution in [0, 0.1) is 5.82 Å². The minimum absolute atomic E-state index is 0.0327. The van der Waals surface area contributed by atoms with Crippen molar-refractivity contribution >= 4 is 5.91 Å². The Balaban J connectivity index is 2.33. The number of carbonyl (C=O) groups excluding carboxylic acids is 1. The third kappa shape index (κ3) is 3.16. The summed E-state index contributed by atoms with van der Waals surface area (Å²) in [6.07, 6.45) is 0. The third-order valence-electron chi connectivity index (χ3n) is 3.74. The van der Waals surface area contributed by atoms with E-state index in [1.54, 1.807) is 31.1 Å². The van der Waals surface area contributed by atoms with Gasteiger partial charge in [-0.25, -0.2) is 4.39 Å². The molecule has 1 aromatic carbocycles. The summed E-state index contributed by atoms with van der Waals surface area (Å²) in [6.45, 7) is 4.63. The van der Waals surface area contributed by atoms with Crippen LogP contribution in [0.3, 0.4) is 0 Å². The minimum atomic E-state index is -0.345. The Bertz CT molecular complexity index is 461. The molecule has 110 valence electrons. The Morgan fingerprint density at radius 1 is 1.40 bits per heavy atom. The fraction of sp³-hybridized carbons (Fsp3) is 0.533. The number of rotatable bonds is 3. The maximum absolute atomic E-state index is 13.1. The molecule has 2 atom stereocenters. The molecule has 0 spiro atoms. The summed E-state index contributed by atoms with van der Waals surface area (Å²) in [7, 11) is 3.51. The van der Waals surface area contributed by atoms with Gasteiger partial charge in [-0.3, -0.25) is 9.69 Å². The highest BCUT2D eigenvalue weighted by molar-refractivity contribution is 5.83. The Morgan fingerprint density at radius 3 is 2.60 bits per heavy atom. The van der Waals surface area contributed by atoms with E-state index in [0.717, 1.165) is 25.2 Å². The van der Waals surface area contributed by atoms with Crippen molar-refractivity contribution in [2.75, 3.05) is 33.7 Å². The van der Waals surface area contributed by atoms with E-state index < -0.39 is 0 Å². The molecule has 5 heteroatoms. The summed E-state index contributed by atoms with van der Waals surface area (Å²) in [5.41, 5.74) is 0.846. The highest BCUT2D eigenvalue weighted by atomic mass is 19.1. The second-order valence-corrected chi connectivity index (χ2v) is 5.48. The molecular formula is C15H22FN3O. The Hall–Kier alpha value is -1.46. The number of carbonyl (C=O) groups is 1. The second kappa shape index (κ2) is 6.33. The molecule has 2 unspecified atom stereocenters. The lowest BCUT2D eigenvalue weighted by Gasteiger charge is -2.40. The number of piperazine rings is 1. The van der Waals surface area contributed by atoms with E-state index in [-0.39, 0.29) is 23.8 Å². The van der Waals surface area contributed by atoms with Crippen molar-refractivity contribution in [2.45, 2.75) is 19.0 Å². The summed E-state index contributed by atoms with van der Waals surface area (Å²) in [4.78, 5) is 16.3. The van der Waals surface area contributed by atoms with Gasteiger partial charge in [0.25, 0.3) is 0 Å². The second-order valence-electron chi connectivity index (χ2n) is 5.48. The van der Waals surface area contributed by atoms with Crippen molar-refractivity contribution < 1.29 is 9.18 Å². The van der Waals surface area contributed by atoms with E-state index in [4.69, 9.17) is 0 Å². The zero-order chi connectivity index (χ0) is 14.7. The van der Waals surface area contributed by atoms with E-state index in [1.165, 1.54) is 12.1 Å². The van der Waals surface area contributed by atoms with Crippen LogP contribution in [0.2, 0.25) is 0 Å². The quantitative estimate of drug-likeness (QED) is 0.904. The fourth-order valence-corrected chi connectivity index (χ4v) is 2.61. The maximum Gasteiger partial charge on any atom is 0.244 e. The molecule has 0 bridgehead atoms. The molecule has 0 radical (unpaired) electrons. The molecule has 1 saturated heterocycles. The van der Waals surface area contributed by atoms with E-state index in [1.807, 2.05) is 0 Å². The first-order chi connectivity index (χ1) is 9.50. The molecule has 1 N–H and O–H groups in total. The van der Waals surface area contributed by atoms with Gasteiger partial charge in [0.15, 0.2) is 0 Å². The van der Waals surface area contributed by atoms with Crippen LogP contribution >= 0.6 is 0 Å². The van der Waals surface area contributed by atoms with Gasteiger partial charge in [-0.05, 0) is 24.6 Å². The first-order valence-corrected chi connectivity index (χ1v) is 6.94. The highest BCUT2D eigenvalue weighted by Gasteiger charge is 2.33. The molecule has 1 aliphatic heterocycles. The summed E-state index contributed by atoms with van der Waals surface area (Å²) in [5, 5.41) is 3.32. The molecule has 1 aliphatic rings. The summed E-state index contributed by atoms with van der Waals surface area (Å²) in [6, 6.07) is 6.16. The van der Waals surface area contributed by atoms with Crippen LogP contribution in [0.5, 0.6) is 0 Å². The normalized spacial score (nSPS) is 21.5. The van der Waals surface area contributed by atoms with Gasteiger partial charge in [-0.1, -0.05) is 12.1 Å². The van der Waals surface area contributed by atoms with Crippen LogP contribution in [-0.4, -0.2) is 55.5 Å². The number of benzene rings is 1. The zero-order valence-electron chi connectivity index (χ0n) is 12.3. The smallest absolute Gasteiger partial charge is 0.244 e. The van der Waals surface area contributed by atoms with Gasteiger partial charge >= 0.3 is 0 Å². The predicted octanol–water partition coefficient (Wildman–Crippen LogP) is 1.25. The molecule has 1 heterocycles. The zero-order valence-corrected chi connectivity index (χ0v) is 12.3. The van der Waals surface area contributed by atoms with Crippen LogP contribution in [-0.2, 0) is 4.79 Å². The minimum Gasteiger partial charge on any atom is -0.347 e. The van der Waals surface area contributed by atoms with Crippen molar-refractivity contribution in [1.29, 1.82) is 0 Å². The first kappa shape index (κ1) is 14.9. The third-order valence-corrected chi connectivity index (χ3v) is 3.74. The van der Waals surface area contributed by atoms with E-state index in [2.05, 4.69) is 17.1 Å². The molecule has 0 aromatic heterocycles. The number of hydrogen-bond acceptors (Lipinski definition) is 3. The van der Waals surface area contributed by atoms with E-state index >= 15 is 0 Å². The number of nitrogens with zero attached hydrogens (tertiary/aromatic N) is 2. The average molecular weight is 279 g/mol. The maximum atomic E-state index is 13.1. The average Bonchev–Trinajstić information content (AvgIpc) is 2.43. The number of amides is 1. The Labute approximate surface area is 119 Å². The van der Waals surface area contributed by atoms with Crippen LogP contribution < -0.4 is 5.32 Å². The standard InChI is InChI=1S/C15H22FN3O/c1-11-10-17-8-9-19(11)14(15(20)18(2)3)12-4-6-13(16)7-5-12/h4-7,11,14,17H,8-10H2,1-3H3. The molecule has 0 saturated carbocycles. The summed E-state index contributed by atoms with van der Waals surface area (Å²) < 4.78 is 13.1. The van der Waals surface area contributed by atoms with Crippen LogP contribution in [0.15, 0.2) is 24.3 Å². The van der Waals surface area contributed by atoms with Crippen molar-refractivity contribution in [3.8, 4) is 0 Å². The number of likely N-dealkylation sites (N-methyl/N-ethyl adjacent to an activating group) is 1. The largest absolute Gasteiger partial charge is 0.347 e. The molecule has 1 amide bonds. The topological polar surface area (TPSA) is 35.6 Å². The van der Waals surface area contributed by atoms with Gasteiger partial charge in [-0.2, -0.15) is 0 Å².